The molecule has 0 aliphatic carbocycles. The van der Waals surface area contributed by atoms with E-state index >= 15 is 0 Å². The number of rotatable bonds is 3. The van der Waals surface area contributed by atoms with Crippen molar-refractivity contribution in [2.24, 2.45) is 5.73 Å². The molecule has 1 aromatic carbocycles. The lowest BCUT2D eigenvalue weighted by Crippen LogP contribution is -2.35. The normalized spacial score (nSPS) is 9.62. The first-order valence-corrected chi connectivity index (χ1v) is 4.82. The average Bonchev–Trinajstić information content (AvgIpc) is 2.26. The number of carbonyl (C=O) groups excluding carboxylic acids is 2. The van der Waals surface area contributed by atoms with Crippen LogP contribution in [0, 0.1) is 0 Å². The van der Waals surface area contributed by atoms with E-state index in [2.05, 4.69) is 5.32 Å². The molecule has 0 spiro atoms. The Morgan fingerprint density at radius 1 is 1.50 bits per heavy atom. The van der Waals surface area contributed by atoms with Gasteiger partial charge in [0.1, 0.15) is 5.75 Å². The smallest absolute Gasteiger partial charge is 0.309 e. The molecule has 5 nitrogen and oxygen atoms in total. The number of benzene rings is 1. The van der Waals surface area contributed by atoms with E-state index in [0.29, 0.717) is 16.3 Å². The SMILES string of the molecule is COc1ccc(CNC(=O)C(N)=O)c(Cl)c1. The Morgan fingerprint density at radius 3 is 2.69 bits per heavy atom. The summed E-state index contributed by atoms with van der Waals surface area (Å²) in [7, 11) is 1.53. The molecule has 0 aromatic heterocycles. The van der Waals surface area contributed by atoms with Crippen LogP contribution in [0.5, 0.6) is 5.75 Å². The van der Waals surface area contributed by atoms with Gasteiger partial charge in [0, 0.05) is 11.6 Å². The summed E-state index contributed by atoms with van der Waals surface area (Å²) in [6.07, 6.45) is 0. The van der Waals surface area contributed by atoms with Crippen LogP contribution in [0.15, 0.2) is 18.2 Å². The van der Waals surface area contributed by atoms with E-state index in [4.69, 9.17) is 22.1 Å². The molecule has 1 aromatic rings. The molecule has 3 N–H and O–H groups in total. The Morgan fingerprint density at radius 2 is 2.19 bits per heavy atom. The lowest BCUT2D eigenvalue weighted by atomic mass is 10.2. The molecule has 0 fully saturated rings. The molecule has 0 atom stereocenters. The summed E-state index contributed by atoms with van der Waals surface area (Å²) in [5.74, 6) is -1.24. The molecule has 1 rings (SSSR count). The maximum Gasteiger partial charge on any atom is 0.309 e. The predicted molar refractivity (Wildman–Crippen MR) is 59.0 cm³/mol. The van der Waals surface area contributed by atoms with Gasteiger partial charge in [0.05, 0.1) is 7.11 Å². The number of primary amides is 1. The highest BCUT2D eigenvalue weighted by Gasteiger charge is 2.09. The summed E-state index contributed by atoms with van der Waals surface area (Å²) in [6.45, 7) is 0.143. The molecule has 0 radical (unpaired) electrons. The number of halogens is 1. The van der Waals surface area contributed by atoms with Gasteiger partial charge in [-0.05, 0) is 17.7 Å². The Balaban J connectivity index is 2.68. The van der Waals surface area contributed by atoms with Crippen LogP contribution in [-0.4, -0.2) is 18.9 Å². The van der Waals surface area contributed by atoms with Crippen molar-refractivity contribution in [1.82, 2.24) is 5.32 Å². The van der Waals surface area contributed by atoms with Crippen molar-refractivity contribution in [1.29, 1.82) is 0 Å². The molecular formula is C10H11ClN2O3. The van der Waals surface area contributed by atoms with Crippen LogP contribution in [0.4, 0.5) is 0 Å². The van der Waals surface area contributed by atoms with Crippen LogP contribution < -0.4 is 15.8 Å². The summed E-state index contributed by atoms with van der Waals surface area (Å²) in [6, 6.07) is 5.02. The van der Waals surface area contributed by atoms with Gasteiger partial charge in [0.2, 0.25) is 0 Å². The standard InChI is InChI=1S/C10H11ClN2O3/c1-16-7-3-2-6(8(11)4-7)5-13-10(15)9(12)14/h2-4H,5H2,1H3,(H2,12,14)(H,13,15). The monoisotopic (exact) mass is 242 g/mol. The van der Waals surface area contributed by atoms with Gasteiger partial charge >= 0.3 is 11.8 Å². The van der Waals surface area contributed by atoms with Gasteiger partial charge in [-0.2, -0.15) is 0 Å². The van der Waals surface area contributed by atoms with Crippen molar-refractivity contribution in [2.45, 2.75) is 6.54 Å². The summed E-state index contributed by atoms with van der Waals surface area (Å²) in [5, 5.41) is 2.79. The van der Waals surface area contributed by atoms with E-state index in [1.165, 1.54) is 7.11 Å². The van der Waals surface area contributed by atoms with Crippen LogP contribution >= 0.6 is 11.6 Å². The van der Waals surface area contributed by atoms with Crippen molar-refractivity contribution in [3.8, 4) is 5.75 Å². The van der Waals surface area contributed by atoms with E-state index in [1.54, 1.807) is 18.2 Å². The Kier molecular flexibility index (Phi) is 4.13. The number of carbonyl (C=O) groups is 2. The number of hydrogen-bond donors (Lipinski definition) is 2. The molecule has 0 heterocycles. The third-order valence-corrected chi connectivity index (χ3v) is 2.28. The second-order valence-electron chi connectivity index (χ2n) is 3.00. The lowest BCUT2D eigenvalue weighted by molar-refractivity contribution is -0.137. The minimum Gasteiger partial charge on any atom is -0.497 e. The molecule has 0 aliphatic rings. The van der Waals surface area contributed by atoms with Crippen LogP contribution in [0.25, 0.3) is 0 Å². The molecule has 0 saturated carbocycles. The number of amides is 2. The van der Waals surface area contributed by atoms with E-state index in [0.717, 1.165) is 0 Å². The summed E-state index contributed by atoms with van der Waals surface area (Å²) in [4.78, 5) is 21.4. The largest absolute Gasteiger partial charge is 0.497 e. The first-order chi connectivity index (χ1) is 7.54. The van der Waals surface area contributed by atoms with Crippen molar-refractivity contribution < 1.29 is 14.3 Å². The third-order valence-electron chi connectivity index (χ3n) is 1.92. The molecule has 6 heteroatoms. The van der Waals surface area contributed by atoms with Gasteiger partial charge in [0.25, 0.3) is 0 Å². The zero-order valence-electron chi connectivity index (χ0n) is 8.62. The number of ether oxygens (including phenoxy) is 1. The topological polar surface area (TPSA) is 81.4 Å². The van der Waals surface area contributed by atoms with E-state index < -0.39 is 11.8 Å². The van der Waals surface area contributed by atoms with Crippen molar-refractivity contribution in [2.75, 3.05) is 7.11 Å². The van der Waals surface area contributed by atoms with Crippen molar-refractivity contribution in [3.63, 3.8) is 0 Å². The summed E-state index contributed by atoms with van der Waals surface area (Å²) in [5.41, 5.74) is 5.46. The minimum atomic E-state index is -1.02. The first kappa shape index (κ1) is 12.3. The zero-order chi connectivity index (χ0) is 12.1. The molecule has 2 amide bonds. The number of hydrogen-bond acceptors (Lipinski definition) is 3. The molecule has 86 valence electrons. The fraction of sp³-hybridized carbons (Fsp3) is 0.200. The quantitative estimate of drug-likeness (QED) is 0.755. The van der Waals surface area contributed by atoms with Crippen LogP contribution in [0.1, 0.15) is 5.56 Å². The highest BCUT2D eigenvalue weighted by atomic mass is 35.5. The Bertz CT molecular complexity index is 421. The van der Waals surface area contributed by atoms with E-state index in [9.17, 15) is 9.59 Å². The van der Waals surface area contributed by atoms with Crippen LogP contribution in [-0.2, 0) is 16.1 Å². The number of nitrogens with two attached hydrogens (primary N) is 1. The number of nitrogens with one attached hydrogen (secondary N) is 1. The van der Waals surface area contributed by atoms with Gasteiger partial charge in [0.15, 0.2) is 0 Å². The van der Waals surface area contributed by atoms with E-state index in [1.807, 2.05) is 0 Å². The minimum absolute atomic E-state index is 0.143. The Labute approximate surface area is 97.5 Å². The third kappa shape index (κ3) is 3.13. The maximum absolute atomic E-state index is 10.9. The molecule has 0 unspecified atom stereocenters. The van der Waals surface area contributed by atoms with Crippen LogP contribution in [0.3, 0.4) is 0 Å². The highest BCUT2D eigenvalue weighted by molar-refractivity contribution is 6.34. The van der Waals surface area contributed by atoms with Gasteiger partial charge < -0.3 is 15.8 Å². The van der Waals surface area contributed by atoms with E-state index in [-0.39, 0.29) is 6.54 Å². The molecule has 0 bridgehead atoms. The lowest BCUT2D eigenvalue weighted by Gasteiger charge is -2.07. The van der Waals surface area contributed by atoms with Gasteiger partial charge in [-0.15, -0.1) is 0 Å². The second-order valence-corrected chi connectivity index (χ2v) is 3.41. The molecule has 16 heavy (non-hydrogen) atoms. The first-order valence-electron chi connectivity index (χ1n) is 4.44. The fourth-order valence-corrected chi connectivity index (χ4v) is 1.30. The Hall–Kier alpha value is -1.75. The molecule has 0 aliphatic heterocycles. The maximum atomic E-state index is 10.9. The highest BCUT2D eigenvalue weighted by Crippen LogP contribution is 2.21. The second kappa shape index (κ2) is 5.37. The fourth-order valence-electron chi connectivity index (χ4n) is 1.06. The zero-order valence-corrected chi connectivity index (χ0v) is 9.38. The summed E-state index contributed by atoms with van der Waals surface area (Å²) >= 11 is 5.92. The van der Waals surface area contributed by atoms with Crippen molar-refractivity contribution >= 4 is 23.4 Å². The van der Waals surface area contributed by atoms with Gasteiger partial charge in [-0.3, -0.25) is 9.59 Å². The summed E-state index contributed by atoms with van der Waals surface area (Å²) < 4.78 is 4.97. The van der Waals surface area contributed by atoms with Gasteiger partial charge in [-0.25, -0.2) is 0 Å². The average molecular weight is 243 g/mol. The molecule has 0 saturated heterocycles. The molecular weight excluding hydrogens is 232 g/mol. The van der Waals surface area contributed by atoms with Crippen molar-refractivity contribution in [3.05, 3.63) is 28.8 Å². The van der Waals surface area contributed by atoms with Crippen LogP contribution in [0.2, 0.25) is 5.02 Å². The predicted octanol–water partition coefficient (Wildman–Crippen LogP) is 0.450. The van der Waals surface area contributed by atoms with Gasteiger partial charge in [-0.1, -0.05) is 17.7 Å². The number of methoxy groups -OCH3 is 1.